The number of nitrogens with zero attached hydrogens (tertiary/aromatic N) is 1. The standard InChI is InChI=1S/C11H14N2O3/c1-8-4-5-9(7-12-16-3)10(6-8)13-11(14)15-2/h4-7H,1-3H3,(H,13,14)/b12-7+. The number of carbonyl (C=O) groups excluding carboxylic acids is 1. The predicted octanol–water partition coefficient (Wildman–Crippen LogP) is 2.15. The van der Waals surface area contributed by atoms with Crippen molar-refractivity contribution in [1.82, 2.24) is 0 Å². The summed E-state index contributed by atoms with van der Waals surface area (Å²) in [7, 11) is 2.77. The van der Waals surface area contributed by atoms with Crippen LogP contribution in [0.4, 0.5) is 10.5 Å². The molecule has 0 bridgehead atoms. The van der Waals surface area contributed by atoms with Gasteiger partial charge in [-0.3, -0.25) is 5.32 Å². The van der Waals surface area contributed by atoms with Crippen LogP contribution in [-0.2, 0) is 9.57 Å². The lowest BCUT2D eigenvalue weighted by Crippen LogP contribution is -2.12. The van der Waals surface area contributed by atoms with E-state index in [-0.39, 0.29) is 0 Å². The summed E-state index contributed by atoms with van der Waals surface area (Å²) in [5, 5.41) is 6.25. The van der Waals surface area contributed by atoms with Gasteiger partial charge in [0.25, 0.3) is 0 Å². The summed E-state index contributed by atoms with van der Waals surface area (Å²) in [5.74, 6) is 0. The van der Waals surface area contributed by atoms with Crippen LogP contribution in [0.2, 0.25) is 0 Å². The Morgan fingerprint density at radius 2 is 2.19 bits per heavy atom. The minimum atomic E-state index is -0.516. The second-order valence-corrected chi connectivity index (χ2v) is 3.12. The molecule has 0 aliphatic rings. The lowest BCUT2D eigenvalue weighted by Gasteiger charge is -2.07. The molecular weight excluding hydrogens is 208 g/mol. The molecule has 5 nitrogen and oxygen atoms in total. The second-order valence-electron chi connectivity index (χ2n) is 3.12. The molecule has 0 unspecified atom stereocenters. The van der Waals surface area contributed by atoms with Crippen LogP contribution in [0.1, 0.15) is 11.1 Å². The zero-order valence-corrected chi connectivity index (χ0v) is 9.48. The summed E-state index contributed by atoms with van der Waals surface area (Å²) in [6.45, 7) is 1.93. The van der Waals surface area contributed by atoms with Gasteiger partial charge in [-0.2, -0.15) is 0 Å². The summed E-state index contributed by atoms with van der Waals surface area (Å²) in [6, 6.07) is 5.58. The number of aryl methyl sites for hydroxylation is 1. The van der Waals surface area contributed by atoms with E-state index >= 15 is 0 Å². The van der Waals surface area contributed by atoms with E-state index in [2.05, 4.69) is 20.0 Å². The van der Waals surface area contributed by atoms with Gasteiger partial charge < -0.3 is 9.57 Å². The number of hydrogen-bond acceptors (Lipinski definition) is 4. The molecule has 0 aromatic heterocycles. The zero-order chi connectivity index (χ0) is 12.0. The SMILES string of the molecule is CO/N=C/c1ccc(C)cc1NC(=O)OC. The summed E-state index contributed by atoms with van der Waals surface area (Å²) >= 11 is 0. The van der Waals surface area contributed by atoms with Crippen molar-refractivity contribution in [2.75, 3.05) is 19.5 Å². The lowest BCUT2D eigenvalue weighted by atomic mass is 10.1. The van der Waals surface area contributed by atoms with Gasteiger partial charge in [0, 0.05) is 5.56 Å². The highest BCUT2D eigenvalue weighted by Gasteiger charge is 2.05. The first kappa shape index (κ1) is 12.0. The second kappa shape index (κ2) is 5.75. The maximum atomic E-state index is 11.1. The van der Waals surface area contributed by atoms with E-state index in [1.807, 2.05) is 25.1 Å². The van der Waals surface area contributed by atoms with E-state index in [0.29, 0.717) is 5.69 Å². The van der Waals surface area contributed by atoms with Crippen molar-refractivity contribution in [3.8, 4) is 0 Å². The van der Waals surface area contributed by atoms with E-state index in [4.69, 9.17) is 0 Å². The molecule has 1 aromatic rings. The molecule has 0 aliphatic carbocycles. The molecule has 0 radical (unpaired) electrons. The Morgan fingerprint density at radius 1 is 1.44 bits per heavy atom. The largest absolute Gasteiger partial charge is 0.453 e. The topological polar surface area (TPSA) is 59.9 Å². The molecule has 1 rings (SSSR count). The molecule has 0 heterocycles. The molecule has 0 atom stereocenters. The Hall–Kier alpha value is -2.04. The van der Waals surface area contributed by atoms with Crippen LogP contribution in [0.25, 0.3) is 0 Å². The predicted molar refractivity (Wildman–Crippen MR) is 61.8 cm³/mol. The highest BCUT2D eigenvalue weighted by atomic mass is 16.6. The normalized spacial score (nSPS) is 10.2. The molecule has 16 heavy (non-hydrogen) atoms. The molecule has 1 aromatic carbocycles. The molecule has 1 amide bonds. The Morgan fingerprint density at radius 3 is 2.81 bits per heavy atom. The Labute approximate surface area is 94.0 Å². The van der Waals surface area contributed by atoms with Gasteiger partial charge in [-0.25, -0.2) is 4.79 Å². The molecule has 0 saturated carbocycles. The van der Waals surface area contributed by atoms with Crippen LogP contribution in [-0.4, -0.2) is 26.5 Å². The van der Waals surface area contributed by atoms with Crippen molar-refractivity contribution in [1.29, 1.82) is 0 Å². The van der Waals surface area contributed by atoms with Crippen molar-refractivity contribution < 1.29 is 14.4 Å². The molecule has 86 valence electrons. The fourth-order valence-corrected chi connectivity index (χ4v) is 1.16. The van der Waals surface area contributed by atoms with Gasteiger partial charge in [0.2, 0.25) is 0 Å². The summed E-state index contributed by atoms with van der Waals surface area (Å²) in [4.78, 5) is 15.7. The Kier molecular flexibility index (Phi) is 4.32. The van der Waals surface area contributed by atoms with Gasteiger partial charge in [-0.15, -0.1) is 0 Å². The van der Waals surface area contributed by atoms with Gasteiger partial charge in [0.05, 0.1) is 19.0 Å². The number of rotatable bonds is 3. The summed E-state index contributed by atoms with van der Waals surface area (Å²) < 4.78 is 4.53. The average molecular weight is 222 g/mol. The zero-order valence-electron chi connectivity index (χ0n) is 9.48. The minimum Gasteiger partial charge on any atom is -0.453 e. The van der Waals surface area contributed by atoms with E-state index in [1.165, 1.54) is 20.4 Å². The monoisotopic (exact) mass is 222 g/mol. The third-order valence-corrected chi connectivity index (χ3v) is 1.93. The van der Waals surface area contributed by atoms with E-state index < -0.39 is 6.09 Å². The van der Waals surface area contributed by atoms with E-state index in [1.54, 1.807) is 0 Å². The van der Waals surface area contributed by atoms with Crippen molar-refractivity contribution in [2.45, 2.75) is 6.92 Å². The highest BCUT2D eigenvalue weighted by molar-refractivity contribution is 5.94. The number of ether oxygens (including phenoxy) is 1. The average Bonchev–Trinajstić information content (AvgIpc) is 2.28. The molecule has 0 saturated heterocycles. The molecule has 0 spiro atoms. The van der Waals surface area contributed by atoms with Gasteiger partial charge in [0.15, 0.2) is 0 Å². The number of benzene rings is 1. The fraction of sp³-hybridized carbons (Fsp3) is 0.273. The van der Waals surface area contributed by atoms with Gasteiger partial charge in [-0.1, -0.05) is 17.3 Å². The van der Waals surface area contributed by atoms with Gasteiger partial charge in [-0.05, 0) is 18.6 Å². The van der Waals surface area contributed by atoms with Gasteiger partial charge >= 0.3 is 6.09 Å². The summed E-state index contributed by atoms with van der Waals surface area (Å²) in [6.07, 6.45) is 1.00. The number of nitrogens with one attached hydrogen (secondary N) is 1. The van der Waals surface area contributed by atoms with Crippen LogP contribution in [0.5, 0.6) is 0 Å². The number of oxime groups is 1. The molecular formula is C11H14N2O3. The number of carbonyl (C=O) groups is 1. The van der Waals surface area contributed by atoms with Gasteiger partial charge in [0.1, 0.15) is 7.11 Å². The molecule has 5 heteroatoms. The van der Waals surface area contributed by atoms with Crippen molar-refractivity contribution in [3.05, 3.63) is 29.3 Å². The smallest absolute Gasteiger partial charge is 0.411 e. The highest BCUT2D eigenvalue weighted by Crippen LogP contribution is 2.16. The first-order chi connectivity index (χ1) is 7.67. The Bertz CT molecular complexity index is 402. The van der Waals surface area contributed by atoms with Crippen LogP contribution >= 0.6 is 0 Å². The van der Waals surface area contributed by atoms with Crippen LogP contribution < -0.4 is 5.32 Å². The number of methoxy groups -OCH3 is 1. The summed E-state index contributed by atoms with van der Waals surface area (Å²) in [5.41, 5.74) is 2.41. The molecule has 0 fully saturated rings. The molecule has 0 aliphatic heterocycles. The third kappa shape index (κ3) is 3.27. The van der Waals surface area contributed by atoms with Crippen LogP contribution in [0.15, 0.2) is 23.4 Å². The van der Waals surface area contributed by atoms with Crippen LogP contribution in [0, 0.1) is 6.92 Å². The first-order valence-corrected chi connectivity index (χ1v) is 4.69. The van der Waals surface area contributed by atoms with E-state index in [9.17, 15) is 4.79 Å². The third-order valence-electron chi connectivity index (χ3n) is 1.93. The Balaban J connectivity index is 2.98. The van der Waals surface area contributed by atoms with Crippen molar-refractivity contribution >= 4 is 18.0 Å². The fourth-order valence-electron chi connectivity index (χ4n) is 1.16. The maximum Gasteiger partial charge on any atom is 0.411 e. The minimum absolute atomic E-state index is 0.516. The van der Waals surface area contributed by atoms with E-state index in [0.717, 1.165) is 11.1 Å². The molecule has 1 N–H and O–H groups in total. The maximum absolute atomic E-state index is 11.1. The van der Waals surface area contributed by atoms with Crippen molar-refractivity contribution in [3.63, 3.8) is 0 Å². The quantitative estimate of drug-likeness (QED) is 0.629. The number of hydrogen-bond donors (Lipinski definition) is 1. The number of anilines is 1. The lowest BCUT2D eigenvalue weighted by molar-refractivity contribution is 0.187. The number of amides is 1. The van der Waals surface area contributed by atoms with Crippen molar-refractivity contribution in [2.24, 2.45) is 5.16 Å². The van der Waals surface area contributed by atoms with Crippen LogP contribution in [0.3, 0.4) is 0 Å². The first-order valence-electron chi connectivity index (χ1n) is 4.69.